The molecule has 0 saturated heterocycles. The number of nitrogens with one attached hydrogen (secondary N) is 1. The molecular weight excluding hydrogens is 218 g/mol. The third kappa shape index (κ3) is 4.40. The van der Waals surface area contributed by atoms with E-state index < -0.39 is 0 Å². The van der Waals surface area contributed by atoms with Gasteiger partial charge < -0.3 is 15.6 Å². The number of nitrogens with two attached hydrogens (primary N) is 1. The Morgan fingerprint density at radius 2 is 2.18 bits per heavy atom. The molecule has 0 aliphatic heterocycles. The number of carbonyl (C=O) groups excluding carboxylic acids is 1. The topological polar surface area (TPSA) is 77.1 Å². The van der Waals surface area contributed by atoms with Crippen LogP contribution >= 0.6 is 0 Å². The molecule has 3 N–H and O–H groups in total. The molecule has 1 aromatic rings. The molecule has 5 nitrogen and oxygen atoms in total. The van der Waals surface area contributed by atoms with E-state index in [1.54, 1.807) is 16.8 Å². The first-order chi connectivity index (χ1) is 8.17. The minimum Gasteiger partial charge on any atom is -0.330 e. The highest BCUT2D eigenvalue weighted by Crippen LogP contribution is 2.05. The Morgan fingerprint density at radius 3 is 2.82 bits per heavy atom. The Labute approximate surface area is 101 Å². The van der Waals surface area contributed by atoms with Crippen LogP contribution in [0, 0.1) is 0 Å². The summed E-state index contributed by atoms with van der Waals surface area (Å²) in [6.45, 7) is 3.08. The number of aromatic nitrogens is 1. The molecule has 1 amide bonds. The maximum atomic E-state index is 11.5. The molecule has 17 heavy (non-hydrogen) atoms. The minimum absolute atomic E-state index is 0.0419. The maximum absolute atomic E-state index is 11.5. The number of hydrogen-bond donors (Lipinski definition) is 2. The fourth-order valence-corrected chi connectivity index (χ4v) is 1.51. The summed E-state index contributed by atoms with van der Waals surface area (Å²) in [5, 5.41) is 2.76. The summed E-state index contributed by atoms with van der Waals surface area (Å²) >= 11 is 0. The Morgan fingerprint density at radius 1 is 1.41 bits per heavy atom. The summed E-state index contributed by atoms with van der Waals surface area (Å²) in [5.41, 5.74) is 5.95. The number of pyridine rings is 1. The molecule has 0 spiro atoms. The van der Waals surface area contributed by atoms with Gasteiger partial charge in [0.1, 0.15) is 0 Å². The number of hydrogen-bond acceptors (Lipinski definition) is 3. The number of aryl methyl sites for hydroxylation is 1. The molecule has 1 rings (SSSR count). The van der Waals surface area contributed by atoms with Gasteiger partial charge in [-0.25, -0.2) is 0 Å². The predicted octanol–water partition coefficient (Wildman–Crippen LogP) is 0.936. The average molecular weight is 237 g/mol. The molecule has 0 saturated carbocycles. The van der Waals surface area contributed by atoms with Gasteiger partial charge in [-0.3, -0.25) is 9.59 Å². The highest BCUT2D eigenvalue weighted by atomic mass is 16.1. The van der Waals surface area contributed by atoms with Crippen LogP contribution in [0.3, 0.4) is 0 Å². The quantitative estimate of drug-likeness (QED) is 0.723. The summed E-state index contributed by atoms with van der Waals surface area (Å²) in [5.74, 6) is -0.0419. The number of anilines is 1. The summed E-state index contributed by atoms with van der Waals surface area (Å²) in [7, 11) is 0. The van der Waals surface area contributed by atoms with Crippen LogP contribution in [0.1, 0.15) is 26.2 Å². The highest BCUT2D eigenvalue weighted by Gasteiger charge is 2.03. The zero-order valence-electron chi connectivity index (χ0n) is 10.1. The molecule has 0 unspecified atom stereocenters. The van der Waals surface area contributed by atoms with Crippen LogP contribution < -0.4 is 16.6 Å². The van der Waals surface area contributed by atoms with Crippen LogP contribution in [0.5, 0.6) is 0 Å². The predicted molar refractivity (Wildman–Crippen MR) is 67.9 cm³/mol. The van der Waals surface area contributed by atoms with Crippen molar-refractivity contribution < 1.29 is 4.79 Å². The monoisotopic (exact) mass is 237 g/mol. The Hall–Kier alpha value is -1.62. The third-order valence-corrected chi connectivity index (χ3v) is 2.47. The van der Waals surface area contributed by atoms with Crippen molar-refractivity contribution in [1.82, 2.24) is 4.57 Å². The Balaban J connectivity index is 2.56. The third-order valence-electron chi connectivity index (χ3n) is 2.47. The second kappa shape index (κ2) is 6.85. The molecule has 0 atom stereocenters. The normalized spacial score (nSPS) is 10.2. The van der Waals surface area contributed by atoms with E-state index in [-0.39, 0.29) is 11.5 Å². The van der Waals surface area contributed by atoms with E-state index in [4.69, 9.17) is 5.73 Å². The van der Waals surface area contributed by atoms with Gasteiger partial charge in [-0.05, 0) is 32.4 Å². The number of unbranched alkanes of at least 4 members (excludes halogenated alkanes) is 1. The first-order valence-electron chi connectivity index (χ1n) is 5.87. The summed E-state index contributed by atoms with van der Waals surface area (Å²) in [4.78, 5) is 22.9. The lowest BCUT2D eigenvalue weighted by molar-refractivity contribution is -0.116. The number of amides is 1. The van der Waals surface area contributed by atoms with E-state index in [0.29, 0.717) is 25.2 Å². The van der Waals surface area contributed by atoms with Crippen molar-refractivity contribution in [3.63, 3.8) is 0 Å². The van der Waals surface area contributed by atoms with Crippen LogP contribution in [-0.2, 0) is 11.3 Å². The molecule has 1 heterocycles. The van der Waals surface area contributed by atoms with Gasteiger partial charge in [-0.15, -0.1) is 0 Å². The molecule has 0 aliphatic rings. The van der Waals surface area contributed by atoms with E-state index in [9.17, 15) is 9.59 Å². The molecule has 0 aromatic carbocycles. The smallest absolute Gasteiger partial charge is 0.250 e. The minimum atomic E-state index is -0.0615. The van der Waals surface area contributed by atoms with Gasteiger partial charge in [0, 0.05) is 25.2 Å². The first-order valence-corrected chi connectivity index (χ1v) is 5.87. The van der Waals surface area contributed by atoms with Crippen molar-refractivity contribution in [3.8, 4) is 0 Å². The lowest BCUT2D eigenvalue weighted by atomic mass is 10.2. The molecule has 94 valence electrons. The van der Waals surface area contributed by atoms with Gasteiger partial charge in [0.2, 0.25) is 5.91 Å². The zero-order valence-corrected chi connectivity index (χ0v) is 10.1. The van der Waals surface area contributed by atoms with Crippen LogP contribution in [0.15, 0.2) is 23.1 Å². The average Bonchev–Trinajstić information content (AvgIpc) is 2.32. The second-order valence-electron chi connectivity index (χ2n) is 3.84. The summed E-state index contributed by atoms with van der Waals surface area (Å²) in [6.07, 6.45) is 3.75. The molecule has 1 aromatic heterocycles. The van der Waals surface area contributed by atoms with Crippen LogP contribution in [0.25, 0.3) is 0 Å². The number of carbonyl (C=O) groups is 1. The van der Waals surface area contributed by atoms with Crippen molar-refractivity contribution >= 4 is 11.6 Å². The van der Waals surface area contributed by atoms with Crippen LogP contribution in [-0.4, -0.2) is 17.0 Å². The van der Waals surface area contributed by atoms with Gasteiger partial charge in [0.15, 0.2) is 0 Å². The fourth-order valence-electron chi connectivity index (χ4n) is 1.51. The molecular formula is C12H19N3O2. The van der Waals surface area contributed by atoms with Gasteiger partial charge in [0.05, 0.1) is 5.69 Å². The molecule has 0 fully saturated rings. The van der Waals surface area contributed by atoms with E-state index in [1.807, 2.05) is 6.92 Å². The van der Waals surface area contributed by atoms with E-state index in [0.717, 1.165) is 12.8 Å². The standard InChI is InChI=1S/C12H19N3O2/c1-2-15-9-10(6-7-12(15)17)14-11(16)5-3-4-8-13/h6-7,9H,2-5,8,13H2,1H3,(H,14,16). The summed E-state index contributed by atoms with van der Waals surface area (Å²) < 4.78 is 1.55. The Kier molecular flexibility index (Phi) is 5.42. The lowest BCUT2D eigenvalue weighted by Gasteiger charge is -2.07. The van der Waals surface area contributed by atoms with Gasteiger partial charge in [-0.2, -0.15) is 0 Å². The van der Waals surface area contributed by atoms with Crippen molar-refractivity contribution in [2.75, 3.05) is 11.9 Å². The maximum Gasteiger partial charge on any atom is 0.250 e. The lowest BCUT2D eigenvalue weighted by Crippen LogP contribution is -2.19. The van der Waals surface area contributed by atoms with Crippen LogP contribution in [0.2, 0.25) is 0 Å². The van der Waals surface area contributed by atoms with Crippen molar-refractivity contribution in [2.45, 2.75) is 32.7 Å². The number of rotatable bonds is 6. The van der Waals surface area contributed by atoms with E-state index in [1.165, 1.54) is 6.07 Å². The van der Waals surface area contributed by atoms with Gasteiger partial charge >= 0.3 is 0 Å². The van der Waals surface area contributed by atoms with Crippen LogP contribution in [0.4, 0.5) is 5.69 Å². The second-order valence-corrected chi connectivity index (χ2v) is 3.84. The first kappa shape index (κ1) is 13.4. The van der Waals surface area contributed by atoms with E-state index >= 15 is 0 Å². The SMILES string of the molecule is CCn1cc(NC(=O)CCCCN)ccc1=O. The fraction of sp³-hybridized carbons (Fsp3) is 0.500. The number of nitrogens with zero attached hydrogens (tertiary/aromatic N) is 1. The van der Waals surface area contributed by atoms with Crippen molar-refractivity contribution in [3.05, 3.63) is 28.7 Å². The molecule has 0 aliphatic carbocycles. The van der Waals surface area contributed by atoms with Crippen molar-refractivity contribution in [2.24, 2.45) is 5.73 Å². The molecule has 0 bridgehead atoms. The van der Waals surface area contributed by atoms with Gasteiger partial charge in [0.25, 0.3) is 5.56 Å². The summed E-state index contributed by atoms with van der Waals surface area (Å²) in [6, 6.07) is 3.08. The molecule has 0 radical (unpaired) electrons. The Bertz CT molecular complexity index is 426. The van der Waals surface area contributed by atoms with E-state index in [2.05, 4.69) is 5.32 Å². The van der Waals surface area contributed by atoms with Gasteiger partial charge in [-0.1, -0.05) is 0 Å². The highest BCUT2D eigenvalue weighted by molar-refractivity contribution is 5.90. The zero-order chi connectivity index (χ0) is 12.7. The largest absolute Gasteiger partial charge is 0.330 e. The molecule has 5 heteroatoms. The van der Waals surface area contributed by atoms with Crippen molar-refractivity contribution in [1.29, 1.82) is 0 Å².